The van der Waals surface area contributed by atoms with E-state index in [0.29, 0.717) is 12.5 Å². The second kappa shape index (κ2) is 15.8. The predicted octanol–water partition coefficient (Wildman–Crippen LogP) is -8.48. The van der Waals surface area contributed by atoms with E-state index in [4.69, 9.17) is 47.6 Å². The third-order valence-corrected chi connectivity index (χ3v) is 9.19. The quantitative estimate of drug-likeness (QED) is 0.0929. The van der Waals surface area contributed by atoms with E-state index in [1.807, 2.05) is 0 Å². The van der Waals surface area contributed by atoms with Crippen LogP contribution in [0.3, 0.4) is 0 Å². The van der Waals surface area contributed by atoms with E-state index in [9.17, 15) is 40.5 Å². The van der Waals surface area contributed by atoms with Crippen molar-refractivity contribution >= 4 is 5.91 Å². The van der Waals surface area contributed by atoms with Crippen LogP contribution in [-0.4, -0.2) is 172 Å². The van der Waals surface area contributed by atoms with Crippen LogP contribution in [0.5, 0.6) is 0 Å². The Morgan fingerprint density at radius 1 is 0.800 bits per heavy atom. The van der Waals surface area contributed by atoms with Crippen LogP contribution in [0.25, 0.3) is 0 Å². The summed E-state index contributed by atoms with van der Waals surface area (Å²) in [6.07, 6.45) is -15.2. The first-order valence-corrected chi connectivity index (χ1v) is 15.3. The first-order valence-electron chi connectivity index (χ1n) is 15.3. The Morgan fingerprint density at radius 2 is 1.44 bits per heavy atom. The van der Waals surface area contributed by atoms with Gasteiger partial charge in [0, 0.05) is 25.2 Å². The first-order chi connectivity index (χ1) is 21.3. The van der Waals surface area contributed by atoms with Crippen molar-refractivity contribution < 1.29 is 59.5 Å². The number of amides is 1. The number of nitrogens with two attached hydrogens (primary N) is 5. The number of aliphatic hydroxyl groups excluding tert-OH is 7. The van der Waals surface area contributed by atoms with Gasteiger partial charge in [-0.05, 0) is 31.7 Å². The molecule has 4 fully saturated rings. The Morgan fingerprint density at radius 3 is 2.07 bits per heavy atom. The molecule has 2 saturated heterocycles. The normalized spacial score (nSPS) is 48.0. The van der Waals surface area contributed by atoms with Crippen LogP contribution < -0.4 is 39.3 Å². The van der Waals surface area contributed by atoms with Gasteiger partial charge < -0.3 is 94.0 Å². The van der Waals surface area contributed by atoms with Gasteiger partial charge in [0.25, 0.3) is 0 Å². The fraction of sp³-hybridized carbons (Fsp3) is 0.962. The van der Waals surface area contributed by atoms with Gasteiger partial charge in [-0.15, -0.1) is 0 Å². The van der Waals surface area contributed by atoms with Crippen molar-refractivity contribution in [3.63, 3.8) is 0 Å². The van der Waals surface area contributed by atoms with Gasteiger partial charge >= 0.3 is 0 Å². The number of nitrogens with one attached hydrogen (secondary N) is 2. The first kappa shape index (κ1) is 36.6. The number of rotatable bonds is 12. The summed E-state index contributed by atoms with van der Waals surface area (Å²) >= 11 is 0. The van der Waals surface area contributed by atoms with Crippen molar-refractivity contribution in [2.24, 2.45) is 34.6 Å². The lowest BCUT2D eigenvalue weighted by Gasteiger charge is -2.49. The monoisotopic (exact) mass is 653 g/mol. The Kier molecular flexibility index (Phi) is 12.9. The van der Waals surface area contributed by atoms with E-state index in [1.165, 1.54) is 0 Å². The van der Waals surface area contributed by atoms with Gasteiger partial charge in [-0.1, -0.05) is 0 Å². The van der Waals surface area contributed by atoms with E-state index in [2.05, 4.69) is 10.6 Å². The van der Waals surface area contributed by atoms with E-state index >= 15 is 0 Å². The molecule has 262 valence electrons. The molecule has 4 aliphatic rings. The van der Waals surface area contributed by atoms with Crippen molar-refractivity contribution in [3.8, 4) is 0 Å². The number of carbonyl (C=O) groups excluding carboxylic acids is 1. The van der Waals surface area contributed by atoms with E-state index in [1.54, 1.807) is 0 Å². The lowest BCUT2D eigenvalue weighted by molar-refractivity contribution is -0.320. The van der Waals surface area contributed by atoms with Crippen LogP contribution in [0.1, 0.15) is 19.3 Å². The molecule has 1 amide bonds. The number of aliphatic hydroxyl groups is 7. The molecule has 16 atom stereocenters. The van der Waals surface area contributed by atoms with Crippen LogP contribution in [0.2, 0.25) is 0 Å². The van der Waals surface area contributed by atoms with Crippen molar-refractivity contribution in [3.05, 3.63) is 0 Å². The molecule has 0 spiro atoms. The lowest BCUT2D eigenvalue weighted by Crippen LogP contribution is -2.70. The van der Waals surface area contributed by atoms with Crippen LogP contribution >= 0.6 is 0 Å². The third kappa shape index (κ3) is 8.27. The second-order valence-corrected chi connectivity index (χ2v) is 12.6. The minimum absolute atomic E-state index is 0.0992. The van der Waals surface area contributed by atoms with Gasteiger partial charge in [0.15, 0.2) is 12.6 Å². The summed E-state index contributed by atoms with van der Waals surface area (Å²) in [5.41, 5.74) is 29.7. The highest BCUT2D eigenvalue weighted by atomic mass is 16.7. The molecule has 19 nitrogen and oxygen atoms in total. The molecule has 2 heterocycles. The number of ether oxygens (including phenoxy) is 4. The molecule has 19 heteroatoms. The van der Waals surface area contributed by atoms with E-state index in [-0.39, 0.29) is 19.0 Å². The largest absolute Gasteiger partial charge is 0.394 e. The molecule has 0 bridgehead atoms. The van der Waals surface area contributed by atoms with Crippen molar-refractivity contribution in [1.82, 2.24) is 10.6 Å². The summed E-state index contributed by atoms with van der Waals surface area (Å²) in [5.74, 6) is -0.488. The van der Waals surface area contributed by atoms with Gasteiger partial charge in [-0.2, -0.15) is 0 Å². The lowest BCUT2D eigenvalue weighted by atomic mass is 9.81. The maximum atomic E-state index is 12.5. The summed E-state index contributed by atoms with van der Waals surface area (Å²) in [6, 6.07) is -4.44. The second-order valence-electron chi connectivity index (χ2n) is 12.6. The van der Waals surface area contributed by atoms with E-state index in [0.717, 1.165) is 12.8 Å². The highest BCUT2D eigenvalue weighted by Gasteiger charge is 2.52. The average Bonchev–Trinajstić information content (AvgIpc) is 3.00. The van der Waals surface area contributed by atoms with Crippen LogP contribution in [0.4, 0.5) is 0 Å². The predicted molar refractivity (Wildman–Crippen MR) is 153 cm³/mol. The van der Waals surface area contributed by atoms with Crippen molar-refractivity contribution in [1.29, 1.82) is 0 Å². The highest BCUT2D eigenvalue weighted by Crippen LogP contribution is 2.32. The minimum Gasteiger partial charge on any atom is -0.394 e. The summed E-state index contributed by atoms with van der Waals surface area (Å²) < 4.78 is 23.4. The molecule has 45 heavy (non-hydrogen) atoms. The fourth-order valence-corrected chi connectivity index (χ4v) is 6.29. The SMILES string of the molecule is NC[C@H](O)C(=O)N[C@@H]1C[C@H](N)C(O[C@H]2O[C@H](CNCC3CC(N)C3)[C@@H](O)[C@H](O)[C@H]2N)[C@H](O)[C@H]1O[C@H]1O[C@H](CO)[C@@H](O)[C@H](N)[C@H]1O. The van der Waals surface area contributed by atoms with Gasteiger partial charge in [0.1, 0.15) is 61.0 Å². The number of hydrogen-bond acceptors (Lipinski definition) is 18. The topological polar surface area (TPSA) is 350 Å². The molecular formula is C26H51N7O12. The Bertz CT molecular complexity index is 954. The van der Waals surface area contributed by atoms with Crippen molar-refractivity contribution in [2.75, 3.05) is 26.2 Å². The maximum Gasteiger partial charge on any atom is 0.250 e. The smallest absolute Gasteiger partial charge is 0.250 e. The van der Waals surface area contributed by atoms with Crippen LogP contribution in [0, 0.1) is 5.92 Å². The maximum absolute atomic E-state index is 12.5. The molecule has 1 unspecified atom stereocenters. The highest BCUT2D eigenvalue weighted by molar-refractivity contribution is 5.81. The molecule has 19 N–H and O–H groups in total. The number of carbonyl (C=O) groups is 1. The average molecular weight is 654 g/mol. The Labute approximate surface area is 260 Å². The summed E-state index contributed by atoms with van der Waals surface area (Å²) in [5, 5.41) is 79.0. The van der Waals surface area contributed by atoms with Gasteiger partial charge in [-0.3, -0.25) is 4.79 Å². The molecule has 0 aromatic rings. The summed E-state index contributed by atoms with van der Waals surface area (Å²) in [7, 11) is 0. The Hall–Kier alpha value is -1.21. The minimum atomic E-state index is -1.67. The standard InChI is InChI=1S/C26H51N7O12/c27-4-12(35)24(41)33-11-3-10(29)22(21(40)23(11)45-26-20(39)15(30)17(36)14(7-34)43-26)44-25-16(31)19(38)18(37)13(42-25)6-32-5-8-1-9(28)2-8/h8-23,25-26,32,34-40H,1-7,27-31H2,(H,33,41)/t8?,9?,10-,11+,12-,13+,14+,15-,16+,17+,18+,19+,20+,21-,22?,23-,25+,26+/m0/s1. The van der Waals surface area contributed by atoms with Crippen LogP contribution in [-0.2, 0) is 23.7 Å². The third-order valence-electron chi connectivity index (χ3n) is 9.19. The van der Waals surface area contributed by atoms with Gasteiger partial charge in [0.2, 0.25) is 5.91 Å². The molecular weight excluding hydrogens is 602 g/mol. The van der Waals surface area contributed by atoms with E-state index < -0.39 is 117 Å². The van der Waals surface area contributed by atoms with Crippen molar-refractivity contribution in [2.45, 2.75) is 123 Å². The van der Waals surface area contributed by atoms with Gasteiger partial charge in [-0.25, -0.2) is 0 Å². The molecule has 2 saturated carbocycles. The zero-order valence-electron chi connectivity index (χ0n) is 24.9. The fourth-order valence-electron chi connectivity index (χ4n) is 6.29. The summed E-state index contributed by atoms with van der Waals surface area (Å²) in [4.78, 5) is 12.5. The Balaban J connectivity index is 1.49. The zero-order chi connectivity index (χ0) is 33.2. The van der Waals surface area contributed by atoms with Gasteiger partial charge in [0.05, 0.1) is 24.7 Å². The molecule has 4 rings (SSSR count). The molecule has 2 aliphatic carbocycles. The van der Waals surface area contributed by atoms with Crippen LogP contribution in [0.15, 0.2) is 0 Å². The number of hydrogen-bond donors (Lipinski definition) is 14. The molecule has 0 aromatic carbocycles. The molecule has 2 aliphatic heterocycles. The summed E-state index contributed by atoms with van der Waals surface area (Å²) in [6.45, 7) is -0.259. The molecule has 0 radical (unpaired) electrons. The zero-order valence-corrected chi connectivity index (χ0v) is 24.9. The molecule has 0 aromatic heterocycles.